The van der Waals surface area contributed by atoms with E-state index in [2.05, 4.69) is 20.6 Å². The molecule has 2 N–H and O–H groups in total. The third kappa shape index (κ3) is 5.31. The number of nitrogens with zero attached hydrogens (tertiary/aromatic N) is 2. The Morgan fingerprint density at radius 2 is 1.42 bits per heavy atom. The van der Waals surface area contributed by atoms with Gasteiger partial charge in [0.15, 0.2) is 0 Å². The third-order valence-electron chi connectivity index (χ3n) is 5.44. The number of benzene rings is 2. The molecule has 0 atom stereocenters. The van der Waals surface area contributed by atoms with E-state index in [1.165, 1.54) is 49.1 Å². The maximum absolute atomic E-state index is 13.5. The lowest BCUT2D eigenvalue weighted by Gasteiger charge is -2.22. The van der Waals surface area contributed by atoms with Crippen molar-refractivity contribution < 1.29 is 17.6 Å². The van der Waals surface area contributed by atoms with Crippen LogP contribution >= 0.6 is 0 Å². The number of hydrogen-bond acceptors (Lipinski definition) is 4. The van der Waals surface area contributed by atoms with Crippen molar-refractivity contribution in [1.29, 1.82) is 0 Å². The van der Waals surface area contributed by atoms with Crippen LogP contribution < -0.4 is 10.6 Å². The Balaban J connectivity index is 1.56. The first-order chi connectivity index (χ1) is 14.9. The van der Waals surface area contributed by atoms with Crippen LogP contribution in [0.5, 0.6) is 0 Å². The van der Waals surface area contributed by atoms with Crippen molar-refractivity contribution in [1.82, 2.24) is 9.97 Å². The fourth-order valence-corrected chi connectivity index (χ4v) is 3.82. The average molecular weight is 430 g/mol. The van der Waals surface area contributed by atoms with E-state index in [0.29, 0.717) is 17.3 Å². The number of anilines is 4. The van der Waals surface area contributed by atoms with Gasteiger partial charge in [-0.2, -0.15) is 18.2 Å². The van der Waals surface area contributed by atoms with E-state index in [1.54, 1.807) is 12.1 Å². The molecule has 3 aromatic rings. The van der Waals surface area contributed by atoms with Gasteiger partial charge in [0, 0.05) is 17.6 Å². The minimum Gasteiger partial charge on any atom is -0.340 e. The van der Waals surface area contributed by atoms with E-state index in [1.807, 2.05) is 12.1 Å². The van der Waals surface area contributed by atoms with E-state index >= 15 is 0 Å². The first-order valence-corrected chi connectivity index (χ1v) is 10.2. The van der Waals surface area contributed by atoms with Crippen LogP contribution in [0.15, 0.2) is 54.7 Å². The third-order valence-corrected chi connectivity index (χ3v) is 5.44. The Kier molecular flexibility index (Phi) is 6.06. The van der Waals surface area contributed by atoms with Crippen molar-refractivity contribution in [3.63, 3.8) is 0 Å². The zero-order valence-corrected chi connectivity index (χ0v) is 16.7. The van der Waals surface area contributed by atoms with E-state index in [9.17, 15) is 17.6 Å². The summed E-state index contributed by atoms with van der Waals surface area (Å²) in [4.78, 5) is 7.78. The number of halogens is 4. The topological polar surface area (TPSA) is 49.8 Å². The average Bonchev–Trinajstić information content (AvgIpc) is 2.76. The highest BCUT2D eigenvalue weighted by Crippen LogP contribution is 2.36. The van der Waals surface area contributed by atoms with Gasteiger partial charge in [-0.3, -0.25) is 0 Å². The van der Waals surface area contributed by atoms with Crippen LogP contribution in [0.25, 0.3) is 0 Å². The molecule has 1 saturated carbocycles. The molecule has 8 heteroatoms. The van der Waals surface area contributed by atoms with Crippen LogP contribution in [0.2, 0.25) is 0 Å². The summed E-state index contributed by atoms with van der Waals surface area (Å²) in [6.45, 7) is 0. The van der Waals surface area contributed by atoms with E-state index in [4.69, 9.17) is 0 Å². The highest BCUT2D eigenvalue weighted by atomic mass is 19.4. The summed E-state index contributed by atoms with van der Waals surface area (Å²) in [6.07, 6.45) is 2.11. The lowest BCUT2D eigenvalue weighted by Crippen LogP contribution is -2.12. The van der Waals surface area contributed by atoms with Gasteiger partial charge in [0.25, 0.3) is 0 Å². The van der Waals surface area contributed by atoms with E-state index < -0.39 is 17.6 Å². The van der Waals surface area contributed by atoms with Crippen LogP contribution in [-0.2, 0) is 6.18 Å². The van der Waals surface area contributed by atoms with Gasteiger partial charge in [0.05, 0.1) is 0 Å². The van der Waals surface area contributed by atoms with Crippen molar-refractivity contribution in [3.05, 3.63) is 71.7 Å². The Hall–Kier alpha value is -3.16. The highest BCUT2D eigenvalue weighted by molar-refractivity contribution is 5.63. The number of nitrogens with one attached hydrogen (secondary N) is 2. The molecule has 31 heavy (non-hydrogen) atoms. The molecule has 4 nitrogen and oxygen atoms in total. The standard InChI is InChI=1S/C23H22F4N4/c24-17-8-12-19(13-9-17)30-22-28-14-20(23(25,26)27)21(31-22)29-18-10-6-16(7-11-18)15-4-2-1-3-5-15/h6-15H,1-5H2,(H2,28,29,30,31). The van der Waals surface area contributed by atoms with Crippen molar-refractivity contribution in [3.8, 4) is 0 Å². The largest absolute Gasteiger partial charge is 0.421 e. The van der Waals surface area contributed by atoms with Gasteiger partial charge in [-0.1, -0.05) is 31.4 Å². The lowest BCUT2D eigenvalue weighted by molar-refractivity contribution is -0.137. The van der Waals surface area contributed by atoms with Crippen LogP contribution in [0, 0.1) is 5.82 Å². The maximum atomic E-state index is 13.5. The smallest absolute Gasteiger partial charge is 0.340 e. The second-order valence-corrected chi connectivity index (χ2v) is 7.67. The molecule has 0 amide bonds. The molecular formula is C23H22F4N4. The van der Waals surface area contributed by atoms with E-state index in [0.717, 1.165) is 19.0 Å². The molecule has 1 aromatic heterocycles. The molecule has 0 spiro atoms. The molecule has 0 unspecified atom stereocenters. The van der Waals surface area contributed by atoms with Crippen molar-refractivity contribution >= 4 is 23.1 Å². The minimum absolute atomic E-state index is 0.0269. The summed E-state index contributed by atoms with van der Waals surface area (Å²) >= 11 is 0. The zero-order valence-electron chi connectivity index (χ0n) is 16.7. The van der Waals surface area contributed by atoms with E-state index in [-0.39, 0.29) is 11.8 Å². The summed E-state index contributed by atoms with van der Waals surface area (Å²) in [5.74, 6) is -0.282. The summed E-state index contributed by atoms with van der Waals surface area (Å²) < 4.78 is 53.5. The number of rotatable bonds is 5. The number of alkyl halides is 3. The zero-order chi connectivity index (χ0) is 21.8. The second kappa shape index (κ2) is 8.91. The Morgan fingerprint density at radius 1 is 0.806 bits per heavy atom. The molecule has 0 radical (unpaired) electrons. The van der Waals surface area contributed by atoms with Crippen LogP contribution in [0.4, 0.5) is 40.7 Å². The fourth-order valence-electron chi connectivity index (χ4n) is 3.82. The molecule has 1 heterocycles. The molecule has 1 aliphatic carbocycles. The van der Waals surface area contributed by atoms with Crippen LogP contribution in [0.1, 0.15) is 49.1 Å². The number of aromatic nitrogens is 2. The van der Waals surface area contributed by atoms with Gasteiger partial charge >= 0.3 is 6.18 Å². The number of hydrogen-bond donors (Lipinski definition) is 2. The molecule has 4 rings (SSSR count). The summed E-state index contributed by atoms with van der Waals surface area (Å²) in [7, 11) is 0. The molecule has 162 valence electrons. The molecule has 0 aliphatic heterocycles. The Morgan fingerprint density at radius 3 is 2.06 bits per heavy atom. The van der Waals surface area contributed by atoms with Crippen molar-refractivity contribution in [2.24, 2.45) is 0 Å². The normalized spacial score (nSPS) is 15.0. The van der Waals surface area contributed by atoms with Gasteiger partial charge in [0.1, 0.15) is 17.2 Å². The monoisotopic (exact) mass is 430 g/mol. The van der Waals surface area contributed by atoms with Gasteiger partial charge in [0.2, 0.25) is 5.95 Å². The Bertz CT molecular complexity index is 1010. The molecule has 1 aliphatic rings. The van der Waals surface area contributed by atoms with Gasteiger partial charge < -0.3 is 10.6 Å². The highest BCUT2D eigenvalue weighted by Gasteiger charge is 2.35. The minimum atomic E-state index is -4.61. The van der Waals surface area contributed by atoms with Gasteiger partial charge in [-0.25, -0.2) is 9.37 Å². The molecule has 2 aromatic carbocycles. The van der Waals surface area contributed by atoms with Crippen LogP contribution in [0.3, 0.4) is 0 Å². The SMILES string of the molecule is Fc1ccc(Nc2ncc(C(F)(F)F)c(Nc3ccc(C4CCCCC4)cc3)n2)cc1. The van der Waals surface area contributed by atoms with Crippen molar-refractivity contribution in [2.75, 3.05) is 10.6 Å². The molecule has 0 saturated heterocycles. The summed E-state index contributed by atoms with van der Waals surface area (Å²) in [5.41, 5.74) is 1.22. The van der Waals surface area contributed by atoms with Gasteiger partial charge in [-0.05, 0) is 60.7 Å². The Labute approximate surface area is 177 Å². The summed E-state index contributed by atoms with van der Waals surface area (Å²) in [5, 5.41) is 5.57. The molecule has 1 fully saturated rings. The second-order valence-electron chi connectivity index (χ2n) is 7.67. The van der Waals surface area contributed by atoms with Crippen LogP contribution in [-0.4, -0.2) is 9.97 Å². The predicted octanol–water partition coefficient (Wildman–Crippen LogP) is 7.17. The summed E-state index contributed by atoms with van der Waals surface area (Å²) in [6, 6.07) is 12.9. The predicted molar refractivity (Wildman–Crippen MR) is 112 cm³/mol. The maximum Gasteiger partial charge on any atom is 0.421 e. The lowest BCUT2D eigenvalue weighted by atomic mass is 9.84. The molecule has 0 bridgehead atoms. The first kappa shape index (κ1) is 21.1. The molecular weight excluding hydrogens is 408 g/mol. The first-order valence-electron chi connectivity index (χ1n) is 10.2. The quantitative estimate of drug-likeness (QED) is 0.421. The van der Waals surface area contributed by atoms with Gasteiger partial charge in [-0.15, -0.1) is 0 Å². The van der Waals surface area contributed by atoms with Crippen molar-refractivity contribution in [2.45, 2.75) is 44.2 Å². The fraction of sp³-hybridized carbons (Fsp3) is 0.304.